The summed E-state index contributed by atoms with van der Waals surface area (Å²) in [5, 5.41) is 9.51. The Labute approximate surface area is 208 Å². The Bertz CT molecular complexity index is 1330. The molecule has 6 nitrogen and oxygen atoms in total. The summed E-state index contributed by atoms with van der Waals surface area (Å²) in [6.45, 7) is 1.90. The molecule has 0 saturated carbocycles. The van der Waals surface area contributed by atoms with Crippen molar-refractivity contribution in [3.63, 3.8) is 0 Å². The Morgan fingerprint density at radius 3 is 2.46 bits per heavy atom. The number of benzene rings is 3. The molecule has 1 amide bonds. The van der Waals surface area contributed by atoms with Crippen LogP contribution in [-0.4, -0.2) is 40.6 Å². The number of carboxylic acids is 1. The fourth-order valence-corrected chi connectivity index (χ4v) is 5.26. The lowest BCUT2D eigenvalue weighted by Gasteiger charge is -2.30. The molecule has 2 heterocycles. The van der Waals surface area contributed by atoms with E-state index in [2.05, 4.69) is 46.3 Å². The second-order valence-corrected chi connectivity index (χ2v) is 9.65. The molecule has 0 aliphatic carbocycles. The van der Waals surface area contributed by atoms with Crippen molar-refractivity contribution in [3.8, 4) is 0 Å². The van der Waals surface area contributed by atoms with Gasteiger partial charge in [-0.3, -0.25) is 14.5 Å². The van der Waals surface area contributed by atoms with E-state index in [0.717, 1.165) is 25.1 Å². The van der Waals surface area contributed by atoms with Gasteiger partial charge in [0, 0.05) is 25.8 Å². The minimum Gasteiger partial charge on any atom is -0.481 e. The van der Waals surface area contributed by atoms with Gasteiger partial charge in [0.05, 0.1) is 17.0 Å². The fraction of sp³-hybridized carbons (Fsp3) is 0.179. The summed E-state index contributed by atoms with van der Waals surface area (Å²) in [5.74, 6) is -0.960. The van der Waals surface area contributed by atoms with E-state index in [-0.39, 0.29) is 12.3 Å². The zero-order chi connectivity index (χ0) is 24.4. The Morgan fingerprint density at radius 2 is 1.74 bits per heavy atom. The van der Waals surface area contributed by atoms with Crippen molar-refractivity contribution in [1.29, 1.82) is 0 Å². The van der Waals surface area contributed by atoms with E-state index in [1.165, 1.54) is 28.6 Å². The first-order valence-corrected chi connectivity index (χ1v) is 12.3. The molecule has 3 aromatic carbocycles. The number of amides is 1. The minimum atomic E-state index is -0.871. The summed E-state index contributed by atoms with van der Waals surface area (Å²) in [5.41, 5.74) is 6.34. The topological polar surface area (TPSA) is 73.2 Å². The van der Waals surface area contributed by atoms with Crippen molar-refractivity contribution in [2.45, 2.75) is 19.4 Å². The number of nitrogens with zero attached hydrogens (tertiary/aromatic N) is 3. The van der Waals surface area contributed by atoms with E-state index in [1.54, 1.807) is 36.2 Å². The molecule has 7 heteroatoms. The van der Waals surface area contributed by atoms with Crippen molar-refractivity contribution >= 4 is 46.3 Å². The molecule has 1 N–H and O–H groups in total. The first-order chi connectivity index (χ1) is 17.0. The van der Waals surface area contributed by atoms with Gasteiger partial charge in [0.25, 0.3) is 5.91 Å². The highest BCUT2D eigenvalue weighted by Gasteiger charge is 2.30. The molecule has 1 saturated heterocycles. The molecule has 2 aliphatic heterocycles. The molecule has 0 atom stereocenters. The Balaban J connectivity index is 1.29. The van der Waals surface area contributed by atoms with Gasteiger partial charge in [-0.1, -0.05) is 48.5 Å². The molecule has 0 spiro atoms. The van der Waals surface area contributed by atoms with Gasteiger partial charge in [0.1, 0.15) is 0 Å². The zero-order valence-electron chi connectivity index (χ0n) is 19.3. The summed E-state index contributed by atoms with van der Waals surface area (Å²) in [6, 6.07) is 23.9. The van der Waals surface area contributed by atoms with Crippen LogP contribution in [0, 0.1) is 0 Å². The molecule has 0 aromatic heterocycles. The number of carbonyl (C=O) groups is 2. The summed E-state index contributed by atoms with van der Waals surface area (Å²) in [6.07, 6.45) is 2.92. The molecular weight excluding hydrogens is 458 g/mol. The largest absolute Gasteiger partial charge is 0.481 e. The van der Waals surface area contributed by atoms with Gasteiger partial charge in [0.15, 0.2) is 5.17 Å². The summed E-state index contributed by atoms with van der Waals surface area (Å²) in [7, 11) is 1.71. The number of rotatable bonds is 5. The van der Waals surface area contributed by atoms with Crippen molar-refractivity contribution < 1.29 is 14.7 Å². The van der Waals surface area contributed by atoms with Crippen LogP contribution in [0.25, 0.3) is 6.08 Å². The molecular formula is C28H25N3O3S. The quantitative estimate of drug-likeness (QED) is 0.511. The first-order valence-electron chi connectivity index (χ1n) is 11.4. The van der Waals surface area contributed by atoms with Crippen molar-refractivity contribution in [1.82, 2.24) is 4.90 Å². The number of hydrogen-bond donors (Lipinski definition) is 1. The standard InChI is InChI=1S/C28H25N3O3S/c1-30-27(34)25(35-28(30)29-23-10-6-20(7-11-23)17-26(32)33)16-19-8-12-24(13-9-19)31-15-14-21-4-2-3-5-22(21)18-31/h2-13,16H,14-15,17-18H2,1H3,(H,32,33)/b25-16-,29-28?. The number of hydrogen-bond acceptors (Lipinski definition) is 5. The van der Waals surface area contributed by atoms with Crippen LogP contribution in [-0.2, 0) is 29.0 Å². The second-order valence-electron chi connectivity index (χ2n) is 8.64. The number of carboxylic acid groups (broad SMARTS) is 1. The van der Waals surface area contributed by atoms with Gasteiger partial charge in [-0.05, 0) is 70.8 Å². The van der Waals surface area contributed by atoms with E-state index in [0.29, 0.717) is 21.3 Å². The van der Waals surface area contributed by atoms with Crippen LogP contribution in [0.3, 0.4) is 0 Å². The van der Waals surface area contributed by atoms with Crippen LogP contribution in [0.5, 0.6) is 0 Å². The highest BCUT2D eigenvalue weighted by Crippen LogP contribution is 2.33. The Morgan fingerprint density at radius 1 is 1.03 bits per heavy atom. The van der Waals surface area contributed by atoms with Crippen molar-refractivity contribution in [2.75, 3.05) is 18.5 Å². The van der Waals surface area contributed by atoms with E-state index in [4.69, 9.17) is 5.11 Å². The predicted molar refractivity (Wildman–Crippen MR) is 141 cm³/mol. The van der Waals surface area contributed by atoms with Crippen LogP contribution >= 0.6 is 11.8 Å². The van der Waals surface area contributed by atoms with Gasteiger partial charge >= 0.3 is 5.97 Å². The number of aliphatic imine (C=N–C) groups is 1. The summed E-state index contributed by atoms with van der Waals surface area (Å²) < 4.78 is 0. The maximum Gasteiger partial charge on any atom is 0.307 e. The van der Waals surface area contributed by atoms with Crippen LogP contribution in [0.4, 0.5) is 11.4 Å². The molecule has 176 valence electrons. The predicted octanol–water partition coefficient (Wildman–Crippen LogP) is 5.11. The lowest BCUT2D eigenvalue weighted by atomic mass is 9.99. The number of thioether (sulfide) groups is 1. The van der Waals surface area contributed by atoms with Gasteiger partial charge in [-0.2, -0.15) is 0 Å². The molecule has 3 aromatic rings. The molecule has 2 aliphatic rings. The maximum atomic E-state index is 12.8. The van der Waals surface area contributed by atoms with Crippen LogP contribution in [0.15, 0.2) is 82.7 Å². The number of likely N-dealkylation sites (N-methyl/N-ethyl adjacent to an activating group) is 1. The smallest absolute Gasteiger partial charge is 0.307 e. The minimum absolute atomic E-state index is 0.0271. The highest BCUT2D eigenvalue weighted by atomic mass is 32.2. The average Bonchev–Trinajstić information content (AvgIpc) is 3.12. The first kappa shape index (κ1) is 22.9. The molecule has 35 heavy (non-hydrogen) atoms. The van der Waals surface area contributed by atoms with E-state index in [1.807, 2.05) is 18.2 Å². The van der Waals surface area contributed by atoms with Gasteiger partial charge in [0.2, 0.25) is 0 Å². The monoisotopic (exact) mass is 483 g/mol. The van der Waals surface area contributed by atoms with E-state index in [9.17, 15) is 9.59 Å². The van der Waals surface area contributed by atoms with Crippen molar-refractivity contribution in [3.05, 3.63) is 100.0 Å². The van der Waals surface area contributed by atoms with Crippen LogP contribution in [0.2, 0.25) is 0 Å². The van der Waals surface area contributed by atoms with Crippen molar-refractivity contribution in [2.24, 2.45) is 4.99 Å². The number of amidine groups is 1. The summed E-state index contributed by atoms with van der Waals surface area (Å²) in [4.78, 5) is 32.8. The van der Waals surface area contributed by atoms with E-state index >= 15 is 0 Å². The number of carbonyl (C=O) groups excluding carboxylic acids is 1. The summed E-state index contributed by atoms with van der Waals surface area (Å²) >= 11 is 1.34. The third-order valence-electron chi connectivity index (χ3n) is 6.21. The number of anilines is 1. The molecule has 0 bridgehead atoms. The SMILES string of the molecule is CN1C(=O)/C(=C/c2ccc(N3CCc4ccccc4C3)cc2)SC1=Nc1ccc(CC(=O)O)cc1. The number of fused-ring (bicyclic) bond motifs is 1. The average molecular weight is 484 g/mol. The lowest BCUT2D eigenvalue weighted by Crippen LogP contribution is -2.30. The third-order valence-corrected chi connectivity index (χ3v) is 7.27. The second kappa shape index (κ2) is 9.80. The normalized spacial score (nSPS) is 17.8. The zero-order valence-corrected chi connectivity index (χ0v) is 20.2. The fourth-order valence-electron chi connectivity index (χ4n) is 4.27. The third kappa shape index (κ3) is 5.15. The molecule has 0 radical (unpaired) electrons. The molecule has 5 rings (SSSR count). The van der Waals surface area contributed by atoms with Gasteiger partial charge in [-0.25, -0.2) is 4.99 Å². The lowest BCUT2D eigenvalue weighted by molar-refractivity contribution is -0.136. The molecule has 0 unspecified atom stereocenters. The Hall–Kier alpha value is -3.84. The van der Waals surface area contributed by atoms with Gasteiger partial charge in [-0.15, -0.1) is 0 Å². The molecule has 1 fully saturated rings. The number of aliphatic carboxylic acids is 1. The van der Waals surface area contributed by atoms with Gasteiger partial charge < -0.3 is 10.0 Å². The van der Waals surface area contributed by atoms with E-state index < -0.39 is 5.97 Å². The van der Waals surface area contributed by atoms with Crippen LogP contribution in [0.1, 0.15) is 22.3 Å². The Kier molecular flexibility index (Phi) is 6.42. The maximum absolute atomic E-state index is 12.8. The van der Waals surface area contributed by atoms with Crippen LogP contribution < -0.4 is 4.90 Å². The highest BCUT2D eigenvalue weighted by molar-refractivity contribution is 8.18.